The van der Waals surface area contributed by atoms with Gasteiger partial charge < -0.3 is 4.42 Å². The molecule has 13 heteroatoms. The molecule has 0 aliphatic carbocycles. The second-order valence-corrected chi connectivity index (χ2v) is 10.4. The van der Waals surface area contributed by atoms with Gasteiger partial charge in [0.15, 0.2) is 0 Å². The van der Waals surface area contributed by atoms with E-state index in [1.165, 1.54) is 48.7 Å². The first-order valence-electron chi connectivity index (χ1n) is 10.8. The molecule has 1 heterocycles. The molecule has 0 bridgehead atoms. The Labute approximate surface area is 227 Å². The van der Waals surface area contributed by atoms with Gasteiger partial charge in [-0.1, -0.05) is 41.4 Å². The van der Waals surface area contributed by atoms with Crippen LogP contribution in [-0.4, -0.2) is 32.0 Å². The fourth-order valence-corrected chi connectivity index (χ4v) is 5.38. The number of nitro groups is 1. The van der Waals surface area contributed by atoms with E-state index in [9.17, 15) is 23.3 Å². The van der Waals surface area contributed by atoms with E-state index in [2.05, 4.69) is 10.5 Å². The van der Waals surface area contributed by atoms with Crippen LogP contribution in [0.4, 0.5) is 11.4 Å². The molecule has 4 rings (SSSR count). The third-order valence-corrected chi connectivity index (χ3v) is 7.48. The highest BCUT2D eigenvalue weighted by atomic mass is 35.5. The number of rotatable bonds is 9. The van der Waals surface area contributed by atoms with Gasteiger partial charge in [-0.05, 0) is 54.6 Å². The lowest BCUT2D eigenvalue weighted by molar-refractivity contribution is -0.384. The lowest BCUT2D eigenvalue weighted by Gasteiger charge is -2.24. The van der Waals surface area contributed by atoms with Gasteiger partial charge in [-0.3, -0.25) is 19.2 Å². The number of halogens is 2. The minimum atomic E-state index is -4.17. The van der Waals surface area contributed by atoms with Gasteiger partial charge in [0.05, 0.1) is 26.7 Å². The Morgan fingerprint density at radius 3 is 2.39 bits per heavy atom. The van der Waals surface area contributed by atoms with Crippen molar-refractivity contribution in [2.45, 2.75) is 4.90 Å². The summed E-state index contributed by atoms with van der Waals surface area (Å²) in [4.78, 5) is 23.0. The SMILES string of the molecule is O=C(CN(c1ccc(Cl)cc1Cl)S(=O)(=O)c1ccccc1)N/N=C\c1ccc(-c2ccc([N+](=O)[O-])cc2)o1. The number of anilines is 1. The maximum atomic E-state index is 13.4. The molecular weight excluding hydrogens is 555 g/mol. The quantitative estimate of drug-likeness (QED) is 0.159. The van der Waals surface area contributed by atoms with Crippen molar-refractivity contribution in [1.29, 1.82) is 0 Å². The highest BCUT2D eigenvalue weighted by Crippen LogP contribution is 2.32. The van der Waals surface area contributed by atoms with Crippen molar-refractivity contribution >= 4 is 56.7 Å². The van der Waals surface area contributed by atoms with E-state index in [-0.39, 0.29) is 27.1 Å². The first-order valence-corrected chi connectivity index (χ1v) is 13.0. The topological polar surface area (TPSA) is 135 Å². The molecule has 0 atom stereocenters. The molecule has 4 aromatic rings. The van der Waals surface area contributed by atoms with Gasteiger partial charge in [0.2, 0.25) is 0 Å². The highest BCUT2D eigenvalue weighted by molar-refractivity contribution is 7.92. The number of hydrazone groups is 1. The molecule has 0 radical (unpaired) electrons. The molecule has 0 saturated carbocycles. The van der Waals surface area contributed by atoms with Crippen LogP contribution >= 0.6 is 23.2 Å². The van der Waals surface area contributed by atoms with Crippen molar-refractivity contribution < 1.29 is 22.6 Å². The van der Waals surface area contributed by atoms with Gasteiger partial charge in [0, 0.05) is 22.7 Å². The largest absolute Gasteiger partial charge is 0.455 e. The normalized spacial score (nSPS) is 11.4. The Morgan fingerprint density at radius 2 is 1.74 bits per heavy atom. The molecule has 3 aromatic carbocycles. The number of benzene rings is 3. The van der Waals surface area contributed by atoms with E-state index in [1.54, 1.807) is 42.5 Å². The summed E-state index contributed by atoms with van der Waals surface area (Å²) >= 11 is 12.2. The van der Waals surface area contributed by atoms with Crippen LogP contribution in [0.1, 0.15) is 5.76 Å². The zero-order valence-electron chi connectivity index (χ0n) is 19.3. The zero-order valence-corrected chi connectivity index (χ0v) is 21.7. The number of non-ortho nitro benzene ring substituents is 1. The van der Waals surface area contributed by atoms with E-state index in [4.69, 9.17) is 27.6 Å². The Hall–Kier alpha value is -4.19. The monoisotopic (exact) mass is 572 g/mol. The van der Waals surface area contributed by atoms with Gasteiger partial charge in [-0.2, -0.15) is 5.10 Å². The summed E-state index contributed by atoms with van der Waals surface area (Å²) in [6.07, 6.45) is 1.23. The number of amides is 1. The standard InChI is InChI=1S/C25H18Cl2N4O6S/c26-18-8-12-23(22(27)14-18)30(38(35,36)21-4-2-1-3-5-21)16-25(32)29-28-15-20-11-13-24(37-20)17-6-9-19(10-7-17)31(33)34/h1-15H,16H2,(H,29,32)/b28-15-. The average Bonchev–Trinajstić information content (AvgIpc) is 3.37. The third kappa shape index (κ3) is 6.20. The summed E-state index contributed by atoms with van der Waals surface area (Å²) < 4.78 is 33.2. The fraction of sp³-hybridized carbons (Fsp3) is 0.0400. The molecule has 0 aliphatic rings. The molecule has 0 aliphatic heterocycles. The molecule has 1 amide bonds. The van der Waals surface area contributed by atoms with E-state index < -0.39 is 27.4 Å². The molecule has 0 fully saturated rings. The first-order chi connectivity index (χ1) is 18.1. The molecule has 1 aromatic heterocycles. The number of nitro benzene ring substituents is 1. The summed E-state index contributed by atoms with van der Waals surface area (Å²) in [5.41, 5.74) is 2.91. The van der Waals surface area contributed by atoms with E-state index >= 15 is 0 Å². The number of hydrogen-bond donors (Lipinski definition) is 1. The van der Waals surface area contributed by atoms with Gasteiger partial charge >= 0.3 is 0 Å². The maximum Gasteiger partial charge on any atom is 0.269 e. The van der Waals surface area contributed by atoms with Crippen molar-refractivity contribution in [1.82, 2.24) is 5.43 Å². The van der Waals surface area contributed by atoms with Gasteiger partial charge in [0.1, 0.15) is 18.1 Å². The lowest BCUT2D eigenvalue weighted by atomic mass is 10.1. The number of sulfonamides is 1. The third-order valence-electron chi connectivity index (χ3n) is 5.17. The Balaban J connectivity index is 1.49. The summed E-state index contributed by atoms with van der Waals surface area (Å²) in [5, 5.41) is 15.0. The Kier molecular flexibility index (Phi) is 8.10. The van der Waals surface area contributed by atoms with Crippen LogP contribution in [0.2, 0.25) is 10.0 Å². The number of furan rings is 1. The lowest BCUT2D eigenvalue weighted by Crippen LogP contribution is -2.39. The van der Waals surface area contributed by atoms with E-state index in [1.807, 2.05) is 0 Å². The van der Waals surface area contributed by atoms with Gasteiger partial charge in [-0.25, -0.2) is 13.8 Å². The smallest absolute Gasteiger partial charge is 0.269 e. The number of carbonyl (C=O) groups is 1. The summed E-state index contributed by atoms with van der Waals surface area (Å²) in [7, 11) is -4.17. The van der Waals surface area contributed by atoms with Crippen LogP contribution in [0.5, 0.6) is 0 Å². The van der Waals surface area contributed by atoms with Crippen LogP contribution in [0.3, 0.4) is 0 Å². The van der Waals surface area contributed by atoms with Crippen LogP contribution < -0.4 is 9.73 Å². The van der Waals surface area contributed by atoms with Crippen molar-refractivity contribution in [3.63, 3.8) is 0 Å². The highest BCUT2D eigenvalue weighted by Gasteiger charge is 2.28. The van der Waals surface area contributed by atoms with Crippen LogP contribution in [0, 0.1) is 10.1 Å². The summed E-state index contributed by atoms with van der Waals surface area (Å²) in [5.74, 6) is -0.0210. The molecular formula is C25H18Cl2N4O6S. The van der Waals surface area contributed by atoms with Gasteiger partial charge in [-0.15, -0.1) is 0 Å². The molecule has 194 valence electrons. The number of nitrogens with zero attached hydrogens (tertiary/aromatic N) is 3. The number of hydrogen-bond acceptors (Lipinski definition) is 7. The Bertz CT molecular complexity index is 1610. The molecule has 38 heavy (non-hydrogen) atoms. The van der Waals surface area contributed by atoms with E-state index in [0.29, 0.717) is 16.3 Å². The zero-order chi connectivity index (χ0) is 27.3. The van der Waals surface area contributed by atoms with Crippen molar-refractivity contribution in [2.24, 2.45) is 5.10 Å². The second kappa shape index (κ2) is 11.5. The fourth-order valence-electron chi connectivity index (χ4n) is 3.36. The predicted molar refractivity (Wildman–Crippen MR) is 144 cm³/mol. The minimum Gasteiger partial charge on any atom is -0.455 e. The van der Waals surface area contributed by atoms with Gasteiger partial charge in [0.25, 0.3) is 21.6 Å². The van der Waals surface area contributed by atoms with Crippen LogP contribution in [-0.2, 0) is 14.8 Å². The van der Waals surface area contributed by atoms with Crippen molar-refractivity contribution in [3.8, 4) is 11.3 Å². The van der Waals surface area contributed by atoms with E-state index in [0.717, 1.165) is 4.31 Å². The summed E-state index contributed by atoms with van der Waals surface area (Å²) in [6, 6.07) is 20.9. The molecule has 10 nitrogen and oxygen atoms in total. The first kappa shape index (κ1) is 26.9. The predicted octanol–water partition coefficient (Wildman–Crippen LogP) is 5.51. The van der Waals surface area contributed by atoms with Crippen molar-refractivity contribution in [2.75, 3.05) is 10.8 Å². The summed E-state index contributed by atoms with van der Waals surface area (Å²) in [6.45, 7) is -0.623. The minimum absolute atomic E-state index is 0.0309. The van der Waals surface area contributed by atoms with Crippen LogP contribution in [0.25, 0.3) is 11.3 Å². The molecule has 0 saturated heterocycles. The number of carbonyl (C=O) groups excluding carboxylic acids is 1. The molecule has 1 N–H and O–H groups in total. The Morgan fingerprint density at radius 1 is 1.03 bits per heavy atom. The van der Waals surface area contributed by atoms with Crippen LogP contribution in [0.15, 0.2) is 99.3 Å². The number of nitrogens with one attached hydrogen (secondary N) is 1. The molecule has 0 spiro atoms. The molecule has 0 unspecified atom stereocenters. The maximum absolute atomic E-state index is 13.4. The average molecular weight is 573 g/mol. The second-order valence-electron chi connectivity index (χ2n) is 7.72. The van der Waals surface area contributed by atoms with Crippen molar-refractivity contribution in [3.05, 3.63) is 111 Å².